The van der Waals surface area contributed by atoms with Gasteiger partial charge in [-0.25, -0.2) is 16.9 Å². The van der Waals surface area contributed by atoms with Crippen molar-refractivity contribution in [2.24, 2.45) is 0 Å². The van der Waals surface area contributed by atoms with Crippen LogP contribution in [-0.4, -0.2) is 36.2 Å². The number of hydrogen-bond donors (Lipinski definition) is 0. The van der Waals surface area contributed by atoms with Crippen molar-refractivity contribution >= 4 is 80.2 Å². The Morgan fingerprint density at radius 3 is 2.03 bits per heavy atom. The van der Waals surface area contributed by atoms with Gasteiger partial charge < -0.3 is 4.90 Å². The lowest BCUT2D eigenvalue weighted by Crippen LogP contribution is -2.50. The molecule has 16 heteroatoms. The highest BCUT2D eigenvalue weighted by atomic mass is 127. The van der Waals surface area contributed by atoms with E-state index in [1.807, 2.05) is 0 Å². The molecule has 2 aromatic carbocycles. The highest BCUT2D eigenvalue weighted by molar-refractivity contribution is 14.1. The highest BCUT2D eigenvalue weighted by Crippen LogP contribution is 2.53. The second kappa shape index (κ2) is 11.3. The number of carbonyl (C=O) groups is 2. The fourth-order valence-corrected chi connectivity index (χ4v) is 5.34. The summed E-state index contributed by atoms with van der Waals surface area (Å²) < 4.78 is 109. The van der Waals surface area contributed by atoms with Gasteiger partial charge >= 0.3 is 18.0 Å². The summed E-state index contributed by atoms with van der Waals surface area (Å²) in [4.78, 5) is 30.5. The smallest absolute Gasteiger partial charge is 0.309 e. The predicted octanol–water partition coefficient (Wildman–Crippen LogP) is 8.04. The van der Waals surface area contributed by atoms with Crippen LogP contribution in [0.25, 0.3) is 0 Å². The lowest BCUT2D eigenvalue weighted by atomic mass is 9.94. The molecule has 0 aliphatic rings. The molecule has 0 unspecified atom stereocenters. The van der Waals surface area contributed by atoms with E-state index in [0.29, 0.717) is 12.1 Å². The monoisotopic (exact) mass is 803 g/mol. The molecule has 0 spiro atoms. The van der Waals surface area contributed by atoms with Crippen molar-refractivity contribution in [3.63, 3.8) is 0 Å². The second-order valence-corrected chi connectivity index (χ2v) is 10.3. The topological polar surface area (TPSA) is 53.5 Å². The minimum absolute atomic E-state index is 0.0600. The molecule has 0 fully saturated rings. The van der Waals surface area contributed by atoms with Crippen LogP contribution < -0.4 is 8.01 Å². The normalized spacial score (nSPS) is 12.3. The van der Waals surface area contributed by atoms with E-state index < -0.39 is 46.8 Å². The van der Waals surface area contributed by atoms with Gasteiger partial charge in [0.15, 0.2) is 5.82 Å². The molecule has 0 N–H and O–H groups in total. The van der Waals surface area contributed by atoms with E-state index in [1.54, 1.807) is 0 Å². The number of halogens is 11. The van der Waals surface area contributed by atoms with Gasteiger partial charge in [0.2, 0.25) is 0 Å². The molecular formula is C23H12ClF8I2N3O2. The van der Waals surface area contributed by atoms with Gasteiger partial charge in [0.1, 0.15) is 5.15 Å². The molecule has 0 atom stereocenters. The van der Waals surface area contributed by atoms with E-state index in [4.69, 9.17) is 11.6 Å². The summed E-state index contributed by atoms with van der Waals surface area (Å²) in [5, 5.41) is 0.117. The van der Waals surface area contributed by atoms with Gasteiger partial charge in [-0.1, -0.05) is 23.7 Å². The molecule has 2 amide bonds. The van der Waals surface area contributed by atoms with E-state index in [0.717, 1.165) is 20.3 Å². The maximum Gasteiger partial charge on any atom is 0.435 e. The lowest BCUT2D eigenvalue weighted by molar-refractivity contribution is -0.348. The van der Waals surface area contributed by atoms with E-state index in [-0.39, 0.29) is 31.7 Å². The fraction of sp³-hybridized carbons (Fsp3) is 0.174. The molecular weight excluding hydrogens is 792 g/mol. The minimum atomic E-state index is -6.31. The van der Waals surface area contributed by atoms with Crippen LogP contribution in [0.1, 0.15) is 26.3 Å². The quantitative estimate of drug-likeness (QED) is 0.114. The van der Waals surface area contributed by atoms with E-state index >= 15 is 4.39 Å². The SMILES string of the molecule is CN(C(=O)c1ccc(Cl)nc1)c1cccc(C(=O)N(I)c2ccc(C(F)(C(F)(F)F)C(F)(F)F)cc2I)c1F. The first-order chi connectivity index (χ1) is 17.9. The van der Waals surface area contributed by atoms with E-state index in [2.05, 4.69) is 4.98 Å². The molecule has 3 rings (SSSR count). The Morgan fingerprint density at radius 1 is 0.897 bits per heavy atom. The Morgan fingerprint density at radius 2 is 1.51 bits per heavy atom. The highest BCUT2D eigenvalue weighted by Gasteiger charge is 2.73. The number of nitrogens with zero attached hydrogens (tertiary/aromatic N) is 3. The summed E-state index contributed by atoms with van der Waals surface area (Å²) >= 11 is 8.40. The summed E-state index contributed by atoms with van der Waals surface area (Å²) in [6, 6.07) is 7.45. The van der Waals surface area contributed by atoms with Crippen LogP contribution in [0.2, 0.25) is 5.15 Å². The predicted molar refractivity (Wildman–Crippen MR) is 143 cm³/mol. The minimum Gasteiger partial charge on any atom is -0.309 e. The zero-order valence-electron chi connectivity index (χ0n) is 19.0. The molecule has 208 valence electrons. The molecule has 0 bridgehead atoms. The third-order valence-corrected chi connectivity index (χ3v) is 7.41. The van der Waals surface area contributed by atoms with Gasteiger partial charge in [0.05, 0.1) is 45.4 Å². The number of benzene rings is 2. The first kappa shape index (κ1) is 31.3. The van der Waals surface area contributed by atoms with Crippen LogP contribution in [0, 0.1) is 9.39 Å². The van der Waals surface area contributed by atoms with Gasteiger partial charge in [-0.15, -0.1) is 0 Å². The number of alkyl halides is 7. The Bertz CT molecular complexity index is 1400. The number of carbonyl (C=O) groups excluding carboxylic acids is 2. The summed E-state index contributed by atoms with van der Waals surface area (Å²) in [6.07, 6.45) is -11.5. The molecule has 0 aliphatic heterocycles. The lowest BCUT2D eigenvalue weighted by Gasteiger charge is -2.31. The summed E-state index contributed by atoms with van der Waals surface area (Å²) in [7, 11) is 1.23. The number of rotatable bonds is 5. The standard InChI is InChI=1S/C23H12ClF8I2N3O2/c1-36(19(38)11-5-8-17(24)35-10-11)16-4-2-3-13(18(16)25)20(39)37(34)15-7-6-12(9-14(15)33)21(26,22(27,28)29)23(30,31)32/h2-10H,1H3. The Kier molecular flexibility index (Phi) is 9.06. The van der Waals surface area contributed by atoms with Gasteiger partial charge in [0.25, 0.3) is 11.8 Å². The summed E-state index contributed by atoms with van der Waals surface area (Å²) in [6.45, 7) is 0. The van der Waals surface area contributed by atoms with Gasteiger partial charge in [-0.2, -0.15) is 26.3 Å². The molecule has 1 heterocycles. The first-order valence-electron chi connectivity index (χ1n) is 10.2. The third-order valence-electron chi connectivity index (χ3n) is 5.37. The number of pyridine rings is 1. The molecule has 39 heavy (non-hydrogen) atoms. The average Bonchev–Trinajstić information content (AvgIpc) is 2.85. The maximum absolute atomic E-state index is 15.4. The zero-order valence-corrected chi connectivity index (χ0v) is 24.1. The number of anilines is 2. The first-order valence-corrected chi connectivity index (χ1v) is 12.6. The van der Waals surface area contributed by atoms with E-state index in [9.17, 15) is 40.3 Å². The molecule has 0 aliphatic carbocycles. The third kappa shape index (κ3) is 5.94. The fourth-order valence-electron chi connectivity index (χ4n) is 3.33. The molecule has 0 saturated heterocycles. The summed E-state index contributed by atoms with van der Waals surface area (Å²) in [5.74, 6) is -2.89. The maximum atomic E-state index is 15.4. The van der Waals surface area contributed by atoms with Crippen molar-refractivity contribution in [3.05, 3.63) is 86.0 Å². The Balaban J connectivity index is 1.96. The van der Waals surface area contributed by atoms with Gasteiger partial charge in [0, 0.05) is 22.4 Å². The molecule has 5 nitrogen and oxygen atoms in total. The largest absolute Gasteiger partial charge is 0.435 e. The van der Waals surface area contributed by atoms with Gasteiger partial charge in [-0.3, -0.25) is 9.59 Å². The molecule has 0 saturated carbocycles. The molecule has 0 radical (unpaired) electrons. The Hall–Kier alpha value is -2.28. The average molecular weight is 804 g/mol. The van der Waals surface area contributed by atoms with Crippen LogP contribution in [0.5, 0.6) is 0 Å². The van der Waals surface area contributed by atoms with Crippen LogP contribution >= 0.6 is 57.1 Å². The summed E-state index contributed by atoms with van der Waals surface area (Å²) in [5.41, 5.74) is -8.45. The molecule has 1 aromatic heterocycles. The number of hydrogen-bond acceptors (Lipinski definition) is 3. The van der Waals surface area contributed by atoms with Crippen molar-refractivity contribution in [1.82, 2.24) is 4.98 Å². The Labute approximate surface area is 247 Å². The van der Waals surface area contributed by atoms with Crippen LogP contribution in [-0.2, 0) is 5.67 Å². The molecule has 3 aromatic rings. The zero-order chi connectivity index (χ0) is 29.5. The van der Waals surface area contributed by atoms with Crippen LogP contribution in [0.3, 0.4) is 0 Å². The van der Waals surface area contributed by atoms with Crippen molar-refractivity contribution in [1.29, 1.82) is 0 Å². The number of amides is 2. The van der Waals surface area contributed by atoms with Crippen molar-refractivity contribution in [3.8, 4) is 0 Å². The van der Waals surface area contributed by atoms with Crippen LogP contribution in [0.4, 0.5) is 46.5 Å². The van der Waals surface area contributed by atoms with Crippen molar-refractivity contribution in [2.75, 3.05) is 15.1 Å². The van der Waals surface area contributed by atoms with Crippen LogP contribution in [0.15, 0.2) is 54.7 Å². The van der Waals surface area contributed by atoms with Crippen molar-refractivity contribution < 1.29 is 44.7 Å². The second-order valence-electron chi connectivity index (χ2n) is 7.78. The number of aromatic nitrogens is 1. The van der Waals surface area contributed by atoms with Crippen molar-refractivity contribution in [2.45, 2.75) is 18.0 Å². The van der Waals surface area contributed by atoms with E-state index in [1.165, 1.54) is 76.8 Å². The van der Waals surface area contributed by atoms with Gasteiger partial charge in [-0.05, 0) is 59.0 Å².